The quantitative estimate of drug-likeness (QED) is 0.602. The monoisotopic (exact) mass is 492 g/mol. The van der Waals surface area contributed by atoms with Crippen molar-refractivity contribution in [3.05, 3.63) is 59.7 Å². The number of esters is 1. The Balaban J connectivity index is 1.44. The van der Waals surface area contributed by atoms with E-state index in [0.717, 1.165) is 5.56 Å². The number of hydrogen-bond donors (Lipinski definition) is 1. The van der Waals surface area contributed by atoms with E-state index in [2.05, 4.69) is 5.32 Å². The molecule has 1 saturated heterocycles. The molecule has 2 aliphatic rings. The van der Waals surface area contributed by atoms with E-state index in [-0.39, 0.29) is 28.0 Å². The molecule has 33 heavy (non-hydrogen) atoms. The van der Waals surface area contributed by atoms with Gasteiger partial charge < -0.3 is 10.1 Å². The van der Waals surface area contributed by atoms with Gasteiger partial charge in [-0.2, -0.15) is 0 Å². The first-order chi connectivity index (χ1) is 15.6. The van der Waals surface area contributed by atoms with Crippen molar-refractivity contribution in [2.45, 2.75) is 36.7 Å². The Labute approximate surface area is 192 Å². The van der Waals surface area contributed by atoms with Crippen molar-refractivity contribution in [3.8, 4) is 0 Å². The maximum absolute atomic E-state index is 13.4. The summed E-state index contributed by atoms with van der Waals surface area (Å²) in [4.78, 5) is 24.4. The number of nitrogens with one attached hydrogen (secondary N) is 1. The van der Waals surface area contributed by atoms with Gasteiger partial charge in [0, 0.05) is 12.1 Å². The SMILES string of the molecule is C[C@@H]1Cc2ccccc2N1S(=O)(=O)c1cccc(C(=O)OCC(=O)N[C@@H]2CCS(=O)(=O)C2)c1. The maximum atomic E-state index is 13.4. The van der Waals surface area contributed by atoms with Crippen LogP contribution in [0, 0.1) is 0 Å². The smallest absolute Gasteiger partial charge is 0.338 e. The van der Waals surface area contributed by atoms with Gasteiger partial charge in [0.25, 0.3) is 15.9 Å². The first-order valence-corrected chi connectivity index (χ1v) is 13.7. The van der Waals surface area contributed by atoms with Gasteiger partial charge in [-0.1, -0.05) is 24.3 Å². The number of nitrogens with zero attached hydrogens (tertiary/aromatic N) is 1. The molecule has 0 bridgehead atoms. The Morgan fingerprint density at radius 1 is 1.15 bits per heavy atom. The minimum absolute atomic E-state index is 0.00699. The highest BCUT2D eigenvalue weighted by Crippen LogP contribution is 2.36. The third kappa shape index (κ3) is 4.88. The average molecular weight is 493 g/mol. The topological polar surface area (TPSA) is 127 Å². The average Bonchev–Trinajstić information content (AvgIpc) is 3.29. The van der Waals surface area contributed by atoms with Crippen LogP contribution in [0.25, 0.3) is 0 Å². The first kappa shape index (κ1) is 23.2. The van der Waals surface area contributed by atoms with Gasteiger partial charge in [0.2, 0.25) is 0 Å². The maximum Gasteiger partial charge on any atom is 0.338 e. The molecule has 1 fully saturated rings. The summed E-state index contributed by atoms with van der Waals surface area (Å²) in [5, 5.41) is 2.53. The predicted molar refractivity (Wildman–Crippen MR) is 121 cm³/mol. The van der Waals surface area contributed by atoms with Crippen LogP contribution in [0.3, 0.4) is 0 Å². The van der Waals surface area contributed by atoms with Crippen molar-refractivity contribution in [2.75, 3.05) is 22.4 Å². The lowest BCUT2D eigenvalue weighted by atomic mass is 10.1. The zero-order chi connectivity index (χ0) is 23.8. The molecule has 0 aliphatic carbocycles. The molecule has 0 radical (unpaired) electrons. The number of sulfone groups is 1. The molecule has 0 unspecified atom stereocenters. The third-order valence-corrected chi connectivity index (χ3v) is 9.40. The number of fused-ring (bicyclic) bond motifs is 1. The summed E-state index contributed by atoms with van der Waals surface area (Å²) in [5.41, 5.74) is 1.54. The number of para-hydroxylation sites is 1. The van der Waals surface area contributed by atoms with Crippen LogP contribution in [0.15, 0.2) is 53.4 Å². The summed E-state index contributed by atoms with van der Waals surface area (Å²) in [6.45, 7) is 1.23. The summed E-state index contributed by atoms with van der Waals surface area (Å²) < 4.78 is 56.0. The lowest BCUT2D eigenvalue weighted by Crippen LogP contribution is -2.38. The molecule has 9 nitrogen and oxygen atoms in total. The van der Waals surface area contributed by atoms with E-state index in [1.165, 1.54) is 28.6 Å². The molecule has 1 N–H and O–H groups in total. The Kier molecular flexibility index (Phi) is 6.19. The van der Waals surface area contributed by atoms with Gasteiger partial charge in [-0.15, -0.1) is 0 Å². The Bertz CT molecular complexity index is 1310. The summed E-state index contributed by atoms with van der Waals surface area (Å²) in [7, 11) is -7.07. The normalized spacial score (nSPS) is 21.4. The van der Waals surface area contributed by atoms with Crippen molar-refractivity contribution in [2.24, 2.45) is 0 Å². The molecule has 0 aromatic heterocycles. The fourth-order valence-corrected chi connectivity index (χ4v) is 7.61. The number of amides is 1. The van der Waals surface area contributed by atoms with Crippen LogP contribution in [0.4, 0.5) is 5.69 Å². The van der Waals surface area contributed by atoms with Crippen LogP contribution in [-0.4, -0.2) is 58.9 Å². The number of benzene rings is 2. The Morgan fingerprint density at radius 2 is 1.91 bits per heavy atom. The molecule has 4 rings (SSSR count). The van der Waals surface area contributed by atoms with Gasteiger partial charge in [-0.05, 0) is 49.6 Å². The zero-order valence-electron chi connectivity index (χ0n) is 17.9. The highest BCUT2D eigenvalue weighted by Gasteiger charge is 2.36. The first-order valence-electron chi connectivity index (χ1n) is 10.5. The third-order valence-electron chi connectivity index (χ3n) is 5.70. The van der Waals surface area contributed by atoms with E-state index in [4.69, 9.17) is 4.74 Å². The zero-order valence-corrected chi connectivity index (χ0v) is 19.6. The number of rotatable bonds is 6. The van der Waals surface area contributed by atoms with Crippen LogP contribution in [0.1, 0.15) is 29.3 Å². The second-order valence-corrected chi connectivity index (χ2v) is 12.3. The van der Waals surface area contributed by atoms with Gasteiger partial charge in [0.1, 0.15) is 0 Å². The number of anilines is 1. The van der Waals surface area contributed by atoms with Crippen molar-refractivity contribution < 1.29 is 31.2 Å². The molecule has 2 aromatic carbocycles. The van der Waals surface area contributed by atoms with E-state index in [1.54, 1.807) is 12.1 Å². The second kappa shape index (κ2) is 8.79. The summed E-state index contributed by atoms with van der Waals surface area (Å²) in [5.74, 6) is -1.59. The highest BCUT2D eigenvalue weighted by molar-refractivity contribution is 7.93. The fourth-order valence-electron chi connectivity index (χ4n) is 4.19. The molecule has 2 aliphatic heterocycles. The second-order valence-electron chi connectivity index (χ2n) is 8.25. The molecule has 176 valence electrons. The number of carbonyl (C=O) groups excluding carboxylic acids is 2. The molecule has 2 heterocycles. The van der Waals surface area contributed by atoms with Crippen LogP contribution >= 0.6 is 0 Å². The molecular weight excluding hydrogens is 468 g/mol. The molecule has 0 saturated carbocycles. The predicted octanol–water partition coefficient (Wildman–Crippen LogP) is 1.29. The number of carbonyl (C=O) groups is 2. The molecule has 11 heteroatoms. The lowest BCUT2D eigenvalue weighted by Gasteiger charge is -2.24. The van der Waals surface area contributed by atoms with Gasteiger partial charge in [0.15, 0.2) is 16.4 Å². The molecule has 2 atom stereocenters. The largest absolute Gasteiger partial charge is 0.452 e. The lowest BCUT2D eigenvalue weighted by molar-refractivity contribution is -0.124. The summed E-state index contributed by atoms with van der Waals surface area (Å²) >= 11 is 0. The van der Waals surface area contributed by atoms with E-state index in [0.29, 0.717) is 18.5 Å². The van der Waals surface area contributed by atoms with E-state index >= 15 is 0 Å². The molecule has 1 amide bonds. The van der Waals surface area contributed by atoms with Crippen molar-refractivity contribution in [1.82, 2.24) is 5.32 Å². The minimum atomic E-state index is -3.93. The molecule has 0 spiro atoms. The van der Waals surface area contributed by atoms with Crippen molar-refractivity contribution in [1.29, 1.82) is 0 Å². The fraction of sp³-hybridized carbons (Fsp3) is 0.364. The van der Waals surface area contributed by atoms with Gasteiger partial charge in [-0.3, -0.25) is 9.10 Å². The Morgan fingerprint density at radius 3 is 2.64 bits per heavy atom. The van der Waals surface area contributed by atoms with E-state index in [9.17, 15) is 26.4 Å². The summed E-state index contributed by atoms with van der Waals surface area (Å²) in [6.07, 6.45) is 0.911. The van der Waals surface area contributed by atoms with Crippen LogP contribution in [0.5, 0.6) is 0 Å². The van der Waals surface area contributed by atoms with Crippen LogP contribution in [0.2, 0.25) is 0 Å². The van der Waals surface area contributed by atoms with Crippen LogP contribution in [-0.2, 0) is 35.8 Å². The summed E-state index contributed by atoms with van der Waals surface area (Å²) in [6, 6.07) is 12.0. The number of sulfonamides is 1. The van der Waals surface area contributed by atoms with Crippen molar-refractivity contribution >= 4 is 37.4 Å². The number of ether oxygens (including phenoxy) is 1. The molecule has 2 aromatic rings. The Hall–Kier alpha value is -2.92. The van der Waals surface area contributed by atoms with Gasteiger partial charge >= 0.3 is 5.97 Å². The standard InChI is InChI=1S/C22H24N2O7S2/c1-15-11-16-5-2-3-8-20(16)24(15)33(29,30)19-7-4-6-17(12-19)22(26)31-13-21(25)23-18-9-10-32(27,28)14-18/h2-8,12,15,18H,9-11,13-14H2,1H3,(H,23,25)/t15-,18-/m1/s1. The highest BCUT2D eigenvalue weighted by atomic mass is 32.2. The van der Waals surface area contributed by atoms with Gasteiger partial charge in [-0.25, -0.2) is 21.6 Å². The van der Waals surface area contributed by atoms with Crippen LogP contribution < -0.4 is 9.62 Å². The molecular formula is C22H24N2O7S2. The van der Waals surface area contributed by atoms with Gasteiger partial charge in [0.05, 0.1) is 27.7 Å². The van der Waals surface area contributed by atoms with E-state index < -0.39 is 44.4 Å². The van der Waals surface area contributed by atoms with Crippen molar-refractivity contribution in [3.63, 3.8) is 0 Å². The number of hydrogen-bond acceptors (Lipinski definition) is 7. The minimum Gasteiger partial charge on any atom is -0.452 e. The van der Waals surface area contributed by atoms with E-state index in [1.807, 2.05) is 19.1 Å².